The van der Waals surface area contributed by atoms with Crippen LogP contribution in [0.4, 0.5) is 0 Å². The zero-order chi connectivity index (χ0) is 20.8. The van der Waals surface area contributed by atoms with Crippen molar-refractivity contribution in [3.63, 3.8) is 0 Å². The third kappa shape index (κ3) is 5.30. The molecule has 0 N–H and O–H groups in total. The van der Waals surface area contributed by atoms with Crippen LogP contribution in [0.1, 0.15) is 115 Å². The fraction of sp³-hybridized carbons (Fsp3) is 1.00. The number of nitrogens with zero attached hydrogens (tertiary/aromatic N) is 2. The zero-order valence-electron chi connectivity index (χ0n) is 20.6. The maximum atomic E-state index is 2.88. The fourth-order valence-electron chi connectivity index (χ4n) is 6.09. The molecule has 160 valence electrons. The zero-order valence-corrected chi connectivity index (χ0v) is 20.6. The summed E-state index contributed by atoms with van der Waals surface area (Å²) in [6.45, 7) is 28.1. The van der Waals surface area contributed by atoms with Crippen molar-refractivity contribution in [3.8, 4) is 0 Å². The first-order chi connectivity index (χ1) is 12.0. The van der Waals surface area contributed by atoms with E-state index >= 15 is 0 Å². The average Bonchev–Trinajstić information content (AvgIpc) is 3.10. The van der Waals surface area contributed by atoms with Gasteiger partial charge in [-0.3, -0.25) is 9.80 Å². The Bertz CT molecular complexity index is 486. The third-order valence-corrected chi connectivity index (χ3v) is 7.40. The van der Waals surface area contributed by atoms with Crippen LogP contribution in [0.3, 0.4) is 0 Å². The molecule has 0 aromatic carbocycles. The minimum Gasteiger partial charge on any atom is -0.295 e. The minimum absolute atomic E-state index is 0.255. The van der Waals surface area contributed by atoms with Crippen LogP contribution in [0.15, 0.2) is 0 Å². The van der Waals surface area contributed by atoms with Gasteiger partial charge in [0, 0.05) is 29.2 Å². The number of rotatable bonds is 4. The highest BCUT2D eigenvalue weighted by molar-refractivity contribution is 5.01. The van der Waals surface area contributed by atoms with E-state index in [2.05, 4.69) is 86.0 Å². The molecule has 0 radical (unpaired) electrons. The lowest BCUT2D eigenvalue weighted by Gasteiger charge is -2.48. The Morgan fingerprint density at radius 3 is 1.74 bits per heavy atom. The van der Waals surface area contributed by atoms with Gasteiger partial charge in [-0.1, -0.05) is 41.5 Å². The van der Waals surface area contributed by atoms with Crippen molar-refractivity contribution in [3.05, 3.63) is 0 Å². The van der Waals surface area contributed by atoms with Crippen molar-refractivity contribution in [2.75, 3.05) is 6.54 Å². The molecule has 3 atom stereocenters. The van der Waals surface area contributed by atoms with E-state index in [0.717, 1.165) is 12.1 Å². The molecule has 2 aliphatic heterocycles. The topological polar surface area (TPSA) is 6.48 Å². The minimum atomic E-state index is 0.255. The van der Waals surface area contributed by atoms with Gasteiger partial charge in [0.2, 0.25) is 0 Å². The monoisotopic (exact) mass is 378 g/mol. The molecule has 27 heavy (non-hydrogen) atoms. The van der Waals surface area contributed by atoms with Crippen LogP contribution >= 0.6 is 0 Å². The highest BCUT2D eigenvalue weighted by Gasteiger charge is 2.46. The van der Waals surface area contributed by atoms with Crippen LogP contribution in [0.25, 0.3) is 0 Å². The van der Waals surface area contributed by atoms with Gasteiger partial charge in [0.15, 0.2) is 0 Å². The van der Waals surface area contributed by atoms with E-state index in [1.807, 2.05) is 0 Å². The molecule has 2 nitrogen and oxygen atoms in total. The van der Waals surface area contributed by atoms with E-state index in [0.29, 0.717) is 22.4 Å². The lowest BCUT2D eigenvalue weighted by molar-refractivity contribution is 0.00669. The normalized spacial score (nSPS) is 29.7. The number of likely N-dealkylation sites (tertiary alicyclic amines) is 2. The Balaban J connectivity index is 2.10. The smallest absolute Gasteiger partial charge is 0.0157 e. The van der Waals surface area contributed by atoms with E-state index in [-0.39, 0.29) is 5.54 Å². The predicted octanol–water partition coefficient (Wildman–Crippen LogP) is 6.73. The highest BCUT2D eigenvalue weighted by Crippen LogP contribution is 2.44. The summed E-state index contributed by atoms with van der Waals surface area (Å²) in [6.07, 6.45) is 8.13. The Labute approximate surface area is 171 Å². The van der Waals surface area contributed by atoms with Gasteiger partial charge < -0.3 is 0 Å². The third-order valence-electron chi connectivity index (χ3n) is 7.40. The molecule has 2 saturated heterocycles. The van der Waals surface area contributed by atoms with Crippen molar-refractivity contribution >= 4 is 0 Å². The summed E-state index contributed by atoms with van der Waals surface area (Å²) < 4.78 is 0. The maximum Gasteiger partial charge on any atom is 0.0157 e. The number of hydrogen-bond acceptors (Lipinski definition) is 2. The summed E-state index contributed by atoms with van der Waals surface area (Å²) in [6, 6.07) is 2.18. The second kappa shape index (κ2) is 7.63. The Morgan fingerprint density at radius 2 is 1.26 bits per heavy atom. The van der Waals surface area contributed by atoms with Crippen molar-refractivity contribution in [2.24, 2.45) is 10.8 Å². The molecule has 0 aromatic heterocycles. The van der Waals surface area contributed by atoms with Gasteiger partial charge >= 0.3 is 0 Å². The molecule has 2 rings (SSSR count). The lowest BCUT2D eigenvalue weighted by atomic mass is 9.82. The standard InChI is InChI=1S/C25H50N2/c1-22(2,3)20-13-12-18-26(20)25(10,11)17-16-19-14-15-21(23(4,5)6)27(19)24(7,8)9/h19-21H,12-18H2,1-11H3. The van der Waals surface area contributed by atoms with E-state index in [1.54, 1.807) is 0 Å². The molecule has 0 amide bonds. The summed E-state index contributed by atoms with van der Waals surface area (Å²) in [5, 5.41) is 0. The summed E-state index contributed by atoms with van der Waals surface area (Å²) in [7, 11) is 0. The second-order valence-electron chi connectivity index (χ2n) is 13.3. The van der Waals surface area contributed by atoms with Crippen molar-refractivity contribution in [1.29, 1.82) is 0 Å². The molecular weight excluding hydrogens is 328 g/mol. The van der Waals surface area contributed by atoms with Gasteiger partial charge in [-0.25, -0.2) is 0 Å². The Morgan fingerprint density at radius 1 is 0.704 bits per heavy atom. The van der Waals surface area contributed by atoms with Crippen LogP contribution in [0.5, 0.6) is 0 Å². The molecule has 0 bridgehead atoms. The average molecular weight is 379 g/mol. The van der Waals surface area contributed by atoms with Gasteiger partial charge in [-0.05, 0) is 90.5 Å². The van der Waals surface area contributed by atoms with Crippen LogP contribution in [-0.2, 0) is 0 Å². The molecule has 2 heteroatoms. The van der Waals surface area contributed by atoms with E-state index in [4.69, 9.17) is 0 Å². The van der Waals surface area contributed by atoms with Crippen LogP contribution < -0.4 is 0 Å². The van der Waals surface area contributed by atoms with Gasteiger partial charge in [-0.15, -0.1) is 0 Å². The van der Waals surface area contributed by atoms with Gasteiger partial charge in [0.05, 0.1) is 0 Å². The number of hydrogen-bond donors (Lipinski definition) is 0. The van der Waals surface area contributed by atoms with Crippen LogP contribution in [0.2, 0.25) is 0 Å². The largest absolute Gasteiger partial charge is 0.295 e. The molecule has 2 aliphatic rings. The van der Waals surface area contributed by atoms with Gasteiger partial charge in [0.25, 0.3) is 0 Å². The van der Waals surface area contributed by atoms with E-state index < -0.39 is 0 Å². The molecule has 2 heterocycles. The first-order valence-electron chi connectivity index (χ1n) is 11.6. The quantitative estimate of drug-likeness (QED) is 0.535. The SMILES string of the molecule is CC(C)(C)C1CCC(CCC(C)(C)N2CCCC2C(C)(C)C)N1C(C)(C)C. The van der Waals surface area contributed by atoms with Crippen molar-refractivity contribution < 1.29 is 0 Å². The Kier molecular flexibility index (Phi) is 6.56. The lowest BCUT2D eigenvalue weighted by Crippen LogP contribution is -2.54. The molecule has 0 aromatic rings. The van der Waals surface area contributed by atoms with Crippen LogP contribution in [0, 0.1) is 10.8 Å². The highest BCUT2D eigenvalue weighted by atomic mass is 15.3. The molecule has 0 aliphatic carbocycles. The second-order valence-corrected chi connectivity index (χ2v) is 13.3. The summed E-state index contributed by atoms with van der Waals surface area (Å²) in [5.74, 6) is 0. The summed E-state index contributed by atoms with van der Waals surface area (Å²) >= 11 is 0. The van der Waals surface area contributed by atoms with Gasteiger partial charge in [-0.2, -0.15) is 0 Å². The molecular formula is C25H50N2. The maximum absolute atomic E-state index is 2.88. The van der Waals surface area contributed by atoms with Crippen molar-refractivity contribution in [1.82, 2.24) is 9.80 Å². The Hall–Kier alpha value is -0.0800. The summed E-state index contributed by atoms with van der Waals surface area (Å²) in [4.78, 5) is 5.74. The molecule has 0 spiro atoms. The first kappa shape index (κ1) is 23.2. The predicted molar refractivity (Wildman–Crippen MR) is 120 cm³/mol. The fourth-order valence-corrected chi connectivity index (χ4v) is 6.09. The molecule has 0 saturated carbocycles. The van der Waals surface area contributed by atoms with Gasteiger partial charge in [0.1, 0.15) is 0 Å². The van der Waals surface area contributed by atoms with Crippen molar-refractivity contribution in [2.45, 2.75) is 144 Å². The van der Waals surface area contributed by atoms with E-state index in [9.17, 15) is 0 Å². The first-order valence-corrected chi connectivity index (χ1v) is 11.6. The van der Waals surface area contributed by atoms with Crippen LogP contribution in [-0.4, -0.2) is 45.5 Å². The summed E-state index contributed by atoms with van der Waals surface area (Å²) in [5.41, 5.74) is 1.31. The van der Waals surface area contributed by atoms with E-state index in [1.165, 1.54) is 45.1 Å². The molecule has 3 unspecified atom stereocenters. The molecule has 2 fully saturated rings.